The summed E-state index contributed by atoms with van der Waals surface area (Å²) in [6.45, 7) is 7.64. The van der Waals surface area contributed by atoms with Gasteiger partial charge in [0, 0.05) is 42.7 Å². The van der Waals surface area contributed by atoms with Crippen molar-refractivity contribution in [1.29, 1.82) is 0 Å². The van der Waals surface area contributed by atoms with E-state index < -0.39 is 27.4 Å². The van der Waals surface area contributed by atoms with Crippen LogP contribution in [0.1, 0.15) is 46.5 Å². The largest absolute Gasteiger partial charge is 0.396 e. The zero-order chi connectivity index (χ0) is 27.1. The minimum Gasteiger partial charge on any atom is -0.396 e. The van der Waals surface area contributed by atoms with E-state index in [1.54, 1.807) is 21.6 Å². The van der Waals surface area contributed by atoms with E-state index in [4.69, 9.17) is 0 Å². The van der Waals surface area contributed by atoms with Crippen molar-refractivity contribution in [3.63, 3.8) is 0 Å². The maximum atomic E-state index is 14.4. The third-order valence-corrected chi connectivity index (χ3v) is 10.5. The molecule has 204 valence electrons. The third kappa shape index (κ3) is 4.20. The molecule has 8 heteroatoms. The van der Waals surface area contributed by atoms with Gasteiger partial charge in [0.25, 0.3) is 0 Å². The molecule has 38 heavy (non-hydrogen) atoms. The molecule has 0 saturated carbocycles. The van der Waals surface area contributed by atoms with Crippen LogP contribution >= 0.6 is 11.8 Å². The number of unbranched alkanes of at least 4 members (excludes halogenated alkanes) is 1. The lowest BCUT2D eigenvalue weighted by Gasteiger charge is -2.38. The standard InChI is InChI=1S/C30H39N3O4S/c1-4-12-21(2)31-18-11-16-30-24(27(36)33(17-8-9-20-34)25(30)28(31)37)23-26(35)32(22-13-6-5-7-14-22)19-10-15-29(23,3)38-30/h5-7,10-11,13-16,21,23-25,34H,4,8-9,12,17-20H2,1-3H3/t21?,23-,24+,25?,29+,30+/m1/s1. The minimum absolute atomic E-state index is 0.0281. The summed E-state index contributed by atoms with van der Waals surface area (Å²) < 4.78 is -1.45. The van der Waals surface area contributed by atoms with Gasteiger partial charge >= 0.3 is 0 Å². The maximum Gasteiger partial charge on any atom is 0.247 e. The second kappa shape index (κ2) is 10.5. The van der Waals surface area contributed by atoms with E-state index in [9.17, 15) is 19.5 Å². The fraction of sp³-hybridized carbons (Fsp3) is 0.567. The number of amides is 3. The summed E-state index contributed by atoms with van der Waals surface area (Å²) in [5.74, 6) is -1.45. The van der Waals surface area contributed by atoms with Gasteiger partial charge in [-0.3, -0.25) is 14.4 Å². The molecule has 6 atom stereocenters. The van der Waals surface area contributed by atoms with Gasteiger partial charge in [-0.15, -0.1) is 11.8 Å². The van der Waals surface area contributed by atoms with E-state index >= 15 is 0 Å². The molecule has 4 heterocycles. The number of carbonyl (C=O) groups excluding carboxylic acids is 3. The van der Waals surface area contributed by atoms with Crippen LogP contribution in [0.4, 0.5) is 5.69 Å². The highest BCUT2D eigenvalue weighted by atomic mass is 32.2. The van der Waals surface area contributed by atoms with Crippen LogP contribution in [0, 0.1) is 11.8 Å². The fourth-order valence-corrected chi connectivity index (χ4v) is 9.14. The van der Waals surface area contributed by atoms with E-state index in [1.807, 2.05) is 47.4 Å². The van der Waals surface area contributed by atoms with Crippen LogP contribution in [-0.2, 0) is 14.4 Å². The first-order chi connectivity index (χ1) is 18.3. The molecule has 2 saturated heterocycles. The Morgan fingerprint density at radius 2 is 1.74 bits per heavy atom. The van der Waals surface area contributed by atoms with Crippen molar-refractivity contribution in [2.75, 3.05) is 31.1 Å². The minimum atomic E-state index is -0.826. The first-order valence-corrected chi connectivity index (χ1v) is 14.7. The van der Waals surface area contributed by atoms with Crippen molar-refractivity contribution in [3.05, 3.63) is 54.6 Å². The molecule has 1 aromatic carbocycles. The normalized spacial score (nSPS) is 33.2. The molecule has 5 rings (SSSR count). The molecule has 7 nitrogen and oxygen atoms in total. The number of rotatable bonds is 8. The van der Waals surface area contributed by atoms with Crippen LogP contribution in [-0.4, -0.2) is 80.4 Å². The molecule has 1 spiro atoms. The number of likely N-dealkylation sites (tertiary alicyclic amines) is 1. The monoisotopic (exact) mass is 537 g/mol. The van der Waals surface area contributed by atoms with Gasteiger partial charge in [-0.2, -0.15) is 0 Å². The van der Waals surface area contributed by atoms with Crippen LogP contribution in [0.5, 0.6) is 0 Å². The Kier molecular flexibility index (Phi) is 7.48. The summed E-state index contributed by atoms with van der Waals surface area (Å²) >= 11 is 1.62. The van der Waals surface area contributed by atoms with Gasteiger partial charge in [0.1, 0.15) is 6.04 Å². The van der Waals surface area contributed by atoms with Gasteiger partial charge in [-0.25, -0.2) is 0 Å². The molecule has 4 aliphatic rings. The van der Waals surface area contributed by atoms with Gasteiger partial charge < -0.3 is 19.8 Å². The second-order valence-electron chi connectivity index (χ2n) is 11.2. The van der Waals surface area contributed by atoms with Crippen molar-refractivity contribution in [2.24, 2.45) is 11.8 Å². The molecule has 4 aliphatic heterocycles. The smallest absolute Gasteiger partial charge is 0.247 e. The van der Waals surface area contributed by atoms with Crippen LogP contribution in [0.15, 0.2) is 54.6 Å². The van der Waals surface area contributed by atoms with Crippen molar-refractivity contribution in [1.82, 2.24) is 9.80 Å². The lowest BCUT2D eigenvalue weighted by atomic mass is 9.74. The van der Waals surface area contributed by atoms with Crippen LogP contribution < -0.4 is 4.90 Å². The number of carbonyl (C=O) groups is 3. The van der Waals surface area contributed by atoms with Gasteiger partial charge in [0.15, 0.2) is 0 Å². The van der Waals surface area contributed by atoms with Gasteiger partial charge in [-0.1, -0.05) is 55.8 Å². The molecule has 2 fully saturated rings. The topological polar surface area (TPSA) is 81.2 Å². The van der Waals surface area contributed by atoms with Gasteiger partial charge in [-0.05, 0) is 45.2 Å². The first-order valence-electron chi connectivity index (χ1n) is 13.9. The van der Waals surface area contributed by atoms with Gasteiger partial charge in [0.05, 0.1) is 16.6 Å². The molecule has 0 aromatic heterocycles. The highest BCUT2D eigenvalue weighted by Crippen LogP contribution is 2.65. The summed E-state index contributed by atoms with van der Waals surface area (Å²) in [4.78, 5) is 48.5. The molecule has 0 radical (unpaired) electrons. The number of aliphatic hydroxyl groups excluding tert-OH is 1. The Labute approximate surface area is 229 Å². The Morgan fingerprint density at radius 3 is 2.45 bits per heavy atom. The van der Waals surface area contributed by atoms with Crippen molar-refractivity contribution in [2.45, 2.75) is 68.0 Å². The number of benzene rings is 1. The quantitative estimate of drug-likeness (QED) is 0.405. The molecule has 1 N–H and O–H groups in total. The molecule has 0 bridgehead atoms. The number of aliphatic hydroxyl groups is 1. The van der Waals surface area contributed by atoms with E-state index in [2.05, 4.69) is 32.9 Å². The summed E-state index contributed by atoms with van der Waals surface area (Å²) in [5, 5.41) is 9.41. The zero-order valence-corrected chi connectivity index (χ0v) is 23.4. The zero-order valence-electron chi connectivity index (χ0n) is 22.6. The maximum absolute atomic E-state index is 14.4. The van der Waals surface area contributed by atoms with E-state index in [0.717, 1.165) is 18.5 Å². The Hall–Kier alpha value is -2.58. The Bertz CT molecular complexity index is 1140. The summed E-state index contributed by atoms with van der Waals surface area (Å²) in [6, 6.07) is 9.00. The number of fused-ring (bicyclic) bond motifs is 2. The van der Waals surface area contributed by atoms with E-state index in [0.29, 0.717) is 32.5 Å². The third-order valence-electron chi connectivity index (χ3n) is 8.70. The number of para-hydroxylation sites is 1. The summed E-state index contributed by atoms with van der Waals surface area (Å²) in [7, 11) is 0. The summed E-state index contributed by atoms with van der Waals surface area (Å²) in [6.07, 6.45) is 11.3. The van der Waals surface area contributed by atoms with Crippen molar-refractivity contribution < 1.29 is 19.5 Å². The SMILES string of the molecule is CCCC(C)N1CC=C[C@]23S[C@@]4(C)C=CCN(c5ccccc5)C(=O)[C@H]4[C@H]2C(=O)N(CCCCO)C3C1=O. The summed E-state index contributed by atoms with van der Waals surface area (Å²) in [5.41, 5.74) is 0.811. The molecule has 0 aliphatic carbocycles. The number of thioether (sulfide) groups is 1. The molecule has 2 unspecified atom stereocenters. The average molecular weight is 538 g/mol. The molecule has 1 aromatic rings. The lowest BCUT2D eigenvalue weighted by molar-refractivity contribution is -0.144. The Balaban J connectivity index is 1.60. The first kappa shape index (κ1) is 27.0. The van der Waals surface area contributed by atoms with Crippen molar-refractivity contribution in [3.8, 4) is 0 Å². The van der Waals surface area contributed by atoms with E-state index in [-0.39, 0.29) is 30.4 Å². The lowest BCUT2D eigenvalue weighted by Crippen LogP contribution is -2.55. The fourth-order valence-electron chi connectivity index (χ4n) is 6.98. The predicted octanol–water partition coefficient (Wildman–Crippen LogP) is 3.64. The average Bonchev–Trinajstić information content (AvgIpc) is 3.15. The number of nitrogens with zero attached hydrogens (tertiary/aromatic N) is 3. The van der Waals surface area contributed by atoms with Crippen LogP contribution in [0.3, 0.4) is 0 Å². The predicted molar refractivity (Wildman–Crippen MR) is 151 cm³/mol. The number of hydrogen-bond donors (Lipinski definition) is 1. The molecular weight excluding hydrogens is 498 g/mol. The molecular formula is C30H39N3O4S. The highest BCUT2D eigenvalue weighted by Gasteiger charge is 2.73. The van der Waals surface area contributed by atoms with E-state index in [1.165, 1.54) is 0 Å². The highest BCUT2D eigenvalue weighted by molar-refractivity contribution is 8.02. The second-order valence-corrected chi connectivity index (χ2v) is 13.0. The number of anilines is 1. The Morgan fingerprint density at radius 1 is 1.00 bits per heavy atom. The van der Waals surface area contributed by atoms with Crippen LogP contribution in [0.25, 0.3) is 0 Å². The number of hydrogen-bond acceptors (Lipinski definition) is 5. The van der Waals surface area contributed by atoms with Crippen molar-refractivity contribution >= 4 is 35.2 Å². The molecule has 3 amide bonds. The van der Waals surface area contributed by atoms with Gasteiger partial charge in [0.2, 0.25) is 17.7 Å². The van der Waals surface area contributed by atoms with Crippen LogP contribution in [0.2, 0.25) is 0 Å².